The van der Waals surface area contributed by atoms with E-state index in [4.69, 9.17) is 20.8 Å². The number of hydrogen-bond donors (Lipinski definition) is 2. The van der Waals surface area contributed by atoms with E-state index in [2.05, 4.69) is 10.6 Å². The molecule has 0 saturated carbocycles. The van der Waals surface area contributed by atoms with E-state index in [9.17, 15) is 4.79 Å². The number of amides is 1. The van der Waals surface area contributed by atoms with Gasteiger partial charge in [-0.3, -0.25) is 4.79 Å². The van der Waals surface area contributed by atoms with E-state index in [-0.39, 0.29) is 17.1 Å². The maximum Gasteiger partial charge on any atom is 0.287 e. The van der Waals surface area contributed by atoms with Crippen LogP contribution in [0.15, 0.2) is 40.8 Å². The van der Waals surface area contributed by atoms with Crippen molar-refractivity contribution in [1.29, 1.82) is 0 Å². The van der Waals surface area contributed by atoms with E-state index in [1.165, 1.54) is 0 Å². The maximum absolute atomic E-state index is 12.5. The van der Waals surface area contributed by atoms with E-state index >= 15 is 0 Å². The van der Waals surface area contributed by atoms with Gasteiger partial charge in [-0.2, -0.15) is 0 Å². The molecule has 0 unspecified atom stereocenters. The van der Waals surface area contributed by atoms with Gasteiger partial charge in [0.25, 0.3) is 5.91 Å². The van der Waals surface area contributed by atoms with Crippen LogP contribution in [0.4, 0.5) is 0 Å². The maximum atomic E-state index is 12.5. The fraction of sp³-hybridized carbons (Fsp3) is 0.421. The first kappa shape index (κ1) is 18.0. The van der Waals surface area contributed by atoms with Gasteiger partial charge in [0.1, 0.15) is 5.76 Å². The average molecular weight is 363 g/mol. The number of nitrogens with one attached hydrogen (secondary N) is 2. The molecule has 5 nitrogen and oxygen atoms in total. The molecular formula is C19H23ClN2O3. The molecule has 0 radical (unpaired) electrons. The molecule has 2 aromatic rings. The highest BCUT2D eigenvalue weighted by atomic mass is 35.5. The molecule has 2 N–H and O–H groups in total. The lowest BCUT2D eigenvalue weighted by Gasteiger charge is -2.37. The van der Waals surface area contributed by atoms with E-state index in [1.54, 1.807) is 25.3 Å². The van der Waals surface area contributed by atoms with Crippen molar-refractivity contribution in [3.05, 3.63) is 47.2 Å². The molecule has 1 amide bonds. The number of carbonyl (C=O) groups excluding carboxylic acids is 1. The number of halogens is 1. The van der Waals surface area contributed by atoms with Crippen molar-refractivity contribution in [2.45, 2.75) is 12.8 Å². The lowest BCUT2D eigenvalue weighted by Crippen LogP contribution is -2.47. The van der Waals surface area contributed by atoms with Crippen LogP contribution < -0.4 is 10.6 Å². The molecule has 0 aliphatic carbocycles. The van der Waals surface area contributed by atoms with Gasteiger partial charge in [-0.25, -0.2) is 0 Å². The van der Waals surface area contributed by atoms with Gasteiger partial charge in [-0.1, -0.05) is 23.7 Å². The van der Waals surface area contributed by atoms with Crippen LogP contribution >= 0.6 is 11.6 Å². The topological polar surface area (TPSA) is 63.5 Å². The summed E-state index contributed by atoms with van der Waals surface area (Å²) in [5.41, 5.74) is 0.755. The zero-order valence-corrected chi connectivity index (χ0v) is 15.1. The van der Waals surface area contributed by atoms with Gasteiger partial charge in [-0.05, 0) is 50.2 Å². The smallest absolute Gasteiger partial charge is 0.287 e. The van der Waals surface area contributed by atoms with Crippen molar-refractivity contribution in [2.75, 3.05) is 33.4 Å². The van der Waals surface area contributed by atoms with Gasteiger partial charge in [0.2, 0.25) is 0 Å². The lowest BCUT2D eigenvalue weighted by atomic mass is 9.79. The second-order valence-corrected chi connectivity index (χ2v) is 6.92. The van der Waals surface area contributed by atoms with Crippen molar-refractivity contribution < 1.29 is 13.9 Å². The molecular weight excluding hydrogens is 340 g/mol. The third-order valence-corrected chi connectivity index (χ3v) is 5.04. The summed E-state index contributed by atoms with van der Waals surface area (Å²) in [6.45, 7) is 3.09. The summed E-state index contributed by atoms with van der Waals surface area (Å²) in [4.78, 5) is 12.5. The van der Waals surface area contributed by atoms with Crippen LogP contribution in [0.25, 0.3) is 11.3 Å². The van der Waals surface area contributed by atoms with Crippen molar-refractivity contribution in [2.24, 2.45) is 5.41 Å². The van der Waals surface area contributed by atoms with Crippen LogP contribution in [0.3, 0.4) is 0 Å². The number of furan rings is 1. The fourth-order valence-electron chi connectivity index (χ4n) is 3.26. The Bertz CT molecular complexity index is 717. The standard InChI is InChI=1S/C19H23ClN2O3/c1-24-13-19(8-10-21-11-9-19)12-22-18(23)17-7-6-16(25-17)14-4-2-3-5-15(14)20/h2-7,21H,8-13H2,1H3,(H,22,23). The van der Waals surface area contributed by atoms with Gasteiger partial charge in [-0.15, -0.1) is 0 Å². The normalized spacial score (nSPS) is 16.6. The molecule has 3 rings (SSSR count). The van der Waals surface area contributed by atoms with Gasteiger partial charge in [0.05, 0.1) is 11.6 Å². The predicted octanol–water partition coefficient (Wildman–Crippen LogP) is 3.35. The van der Waals surface area contributed by atoms with Crippen LogP contribution in [0.5, 0.6) is 0 Å². The molecule has 1 saturated heterocycles. The average Bonchev–Trinajstić information content (AvgIpc) is 3.11. The molecule has 25 heavy (non-hydrogen) atoms. The Hall–Kier alpha value is -1.82. The molecule has 6 heteroatoms. The first-order valence-corrected chi connectivity index (χ1v) is 8.84. The van der Waals surface area contributed by atoms with Crippen LogP contribution in [0.2, 0.25) is 5.02 Å². The second kappa shape index (κ2) is 8.04. The summed E-state index contributed by atoms with van der Waals surface area (Å²) in [6, 6.07) is 10.9. The molecule has 1 aromatic heterocycles. The molecule has 1 aromatic carbocycles. The van der Waals surface area contributed by atoms with E-state index in [1.807, 2.05) is 18.2 Å². The van der Waals surface area contributed by atoms with E-state index in [0.29, 0.717) is 23.9 Å². The molecule has 0 bridgehead atoms. The number of ether oxygens (including phenoxy) is 1. The zero-order chi connectivity index (χ0) is 17.7. The largest absolute Gasteiger partial charge is 0.451 e. The molecule has 1 aliphatic rings. The van der Waals surface area contributed by atoms with Gasteiger partial charge in [0.15, 0.2) is 5.76 Å². The third kappa shape index (κ3) is 4.24. The predicted molar refractivity (Wildman–Crippen MR) is 97.9 cm³/mol. The zero-order valence-electron chi connectivity index (χ0n) is 14.3. The summed E-state index contributed by atoms with van der Waals surface area (Å²) < 4.78 is 11.1. The van der Waals surface area contributed by atoms with Crippen molar-refractivity contribution >= 4 is 17.5 Å². The Morgan fingerprint density at radius 1 is 1.28 bits per heavy atom. The quantitative estimate of drug-likeness (QED) is 0.827. The first-order chi connectivity index (χ1) is 12.1. The monoisotopic (exact) mass is 362 g/mol. The summed E-state index contributed by atoms with van der Waals surface area (Å²) in [7, 11) is 1.70. The molecule has 0 atom stereocenters. The minimum Gasteiger partial charge on any atom is -0.451 e. The highest BCUT2D eigenvalue weighted by Crippen LogP contribution is 2.30. The van der Waals surface area contributed by atoms with Gasteiger partial charge in [0, 0.05) is 24.6 Å². The number of piperidine rings is 1. The Kier molecular flexibility index (Phi) is 5.78. The second-order valence-electron chi connectivity index (χ2n) is 6.51. The van der Waals surface area contributed by atoms with Crippen LogP contribution in [0.1, 0.15) is 23.4 Å². The van der Waals surface area contributed by atoms with E-state index < -0.39 is 0 Å². The minimum atomic E-state index is -0.215. The summed E-state index contributed by atoms with van der Waals surface area (Å²) in [5.74, 6) is 0.660. The third-order valence-electron chi connectivity index (χ3n) is 4.71. The number of methoxy groups -OCH3 is 1. The highest BCUT2D eigenvalue weighted by Gasteiger charge is 2.32. The fourth-order valence-corrected chi connectivity index (χ4v) is 3.48. The molecule has 0 spiro atoms. The highest BCUT2D eigenvalue weighted by molar-refractivity contribution is 6.33. The molecule has 2 heterocycles. The minimum absolute atomic E-state index is 0.0200. The number of rotatable bonds is 6. The number of benzene rings is 1. The van der Waals surface area contributed by atoms with Gasteiger partial charge >= 0.3 is 0 Å². The van der Waals surface area contributed by atoms with Crippen molar-refractivity contribution in [3.8, 4) is 11.3 Å². The summed E-state index contributed by atoms with van der Waals surface area (Å²) >= 11 is 6.18. The SMILES string of the molecule is COCC1(CNC(=O)c2ccc(-c3ccccc3Cl)o2)CCNCC1. The Morgan fingerprint density at radius 3 is 2.76 bits per heavy atom. The molecule has 1 aliphatic heterocycles. The number of hydrogen-bond acceptors (Lipinski definition) is 4. The van der Waals surface area contributed by atoms with Crippen molar-refractivity contribution in [3.63, 3.8) is 0 Å². The van der Waals surface area contributed by atoms with Crippen LogP contribution in [-0.2, 0) is 4.74 Å². The first-order valence-electron chi connectivity index (χ1n) is 8.46. The van der Waals surface area contributed by atoms with Gasteiger partial charge < -0.3 is 19.8 Å². The molecule has 134 valence electrons. The summed E-state index contributed by atoms with van der Waals surface area (Å²) in [6.07, 6.45) is 1.95. The van der Waals surface area contributed by atoms with Crippen molar-refractivity contribution in [1.82, 2.24) is 10.6 Å². The van der Waals surface area contributed by atoms with E-state index in [0.717, 1.165) is 31.5 Å². The Labute approximate surface area is 152 Å². The van der Waals surface area contributed by atoms with Crippen LogP contribution in [-0.4, -0.2) is 39.3 Å². The molecule has 1 fully saturated rings. The summed E-state index contributed by atoms with van der Waals surface area (Å²) in [5, 5.41) is 6.94. The Morgan fingerprint density at radius 2 is 2.04 bits per heavy atom. The Balaban J connectivity index is 1.66. The number of carbonyl (C=O) groups is 1. The lowest BCUT2D eigenvalue weighted by molar-refractivity contribution is 0.0506. The van der Waals surface area contributed by atoms with Crippen LogP contribution in [0, 0.1) is 5.41 Å².